The van der Waals surface area contributed by atoms with E-state index in [1.165, 1.54) is 15.6 Å². The quantitative estimate of drug-likeness (QED) is 0.860. The van der Waals surface area contributed by atoms with Gasteiger partial charge in [-0.3, -0.25) is 4.79 Å². The molecule has 1 aromatic rings. The fourth-order valence-corrected chi connectivity index (χ4v) is 4.53. The van der Waals surface area contributed by atoms with Crippen LogP contribution in [0.5, 0.6) is 0 Å². The number of piperidine rings is 1. The van der Waals surface area contributed by atoms with Crippen molar-refractivity contribution in [1.82, 2.24) is 9.03 Å². The second-order valence-corrected chi connectivity index (χ2v) is 7.58. The molecule has 2 N–H and O–H groups in total. The summed E-state index contributed by atoms with van der Waals surface area (Å²) in [6.07, 6.45) is 1.10. The van der Waals surface area contributed by atoms with Crippen LogP contribution in [0.1, 0.15) is 30.7 Å². The van der Waals surface area contributed by atoms with Gasteiger partial charge in [-0.1, -0.05) is 6.07 Å². The molecule has 1 aromatic heterocycles. The number of carbonyl (C=O) groups is 1. The molecule has 8 heteroatoms. The standard InChI is InChI=1S/C12H18N2O4S2/c1-9(11-5-3-7-19-11)13-20(17,18)14-6-2-4-10(8-14)12(15)16/h3,5,7,9-10,13H,2,4,6,8H2,1H3,(H,15,16)/t9-,10?/m0/s1. The molecule has 0 radical (unpaired) electrons. The summed E-state index contributed by atoms with van der Waals surface area (Å²) < 4.78 is 28.4. The molecule has 0 saturated carbocycles. The normalized spacial score (nSPS) is 22.6. The highest BCUT2D eigenvalue weighted by atomic mass is 32.2. The molecule has 0 amide bonds. The molecule has 1 aliphatic rings. The van der Waals surface area contributed by atoms with Crippen LogP contribution in [0.2, 0.25) is 0 Å². The molecule has 1 unspecified atom stereocenters. The maximum absolute atomic E-state index is 12.3. The molecular weight excluding hydrogens is 300 g/mol. The third-order valence-electron chi connectivity index (χ3n) is 3.37. The molecule has 2 rings (SSSR count). The summed E-state index contributed by atoms with van der Waals surface area (Å²) >= 11 is 1.48. The number of carboxylic acid groups (broad SMARTS) is 1. The minimum Gasteiger partial charge on any atom is -0.481 e. The second-order valence-electron chi connectivity index (χ2n) is 4.90. The highest BCUT2D eigenvalue weighted by molar-refractivity contribution is 7.87. The van der Waals surface area contributed by atoms with E-state index in [1.54, 1.807) is 6.92 Å². The summed E-state index contributed by atoms with van der Waals surface area (Å²) in [5.41, 5.74) is 0. The van der Waals surface area contributed by atoms with Gasteiger partial charge in [-0.2, -0.15) is 17.4 Å². The molecule has 2 atom stereocenters. The van der Waals surface area contributed by atoms with Crippen LogP contribution in [0.25, 0.3) is 0 Å². The number of carboxylic acids is 1. The number of thiophene rings is 1. The molecule has 20 heavy (non-hydrogen) atoms. The Kier molecular flexibility index (Phi) is 4.79. The van der Waals surface area contributed by atoms with Crippen molar-refractivity contribution in [3.63, 3.8) is 0 Å². The Hall–Kier alpha value is -0.960. The molecular formula is C12H18N2O4S2. The molecule has 0 bridgehead atoms. The predicted molar refractivity (Wildman–Crippen MR) is 76.7 cm³/mol. The first kappa shape index (κ1) is 15.4. The van der Waals surface area contributed by atoms with Crippen molar-refractivity contribution in [3.05, 3.63) is 22.4 Å². The van der Waals surface area contributed by atoms with Crippen molar-refractivity contribution < 1.29 is 18.3 Å². The Morgan fingerprint density at radius 2 is 2.35 bits per heavy atom. The van der Waals surface area contributed by atoms with Crippen molar-refractivity contribution in [2.24, 2.45) is 5.92 Å². The fraction of sp³-hybridized carbons (Fsp3) is 0.583. The van der Waals surface area contributed by atoms with Crippen LogP contribution in [-0.4, -0.2) is 36.9 Å². The lowest BCUT2D eigenvalue weighted by molar-refractivity contribution is -0.142. The highest BCUT2D eigenvalue weighted by Gasteiger charge is 2.33. The Bertz CT molecular complexity index is 556. The highest BCUT2D eigenvalue weighted by Crippen LogP contribution is 2.22. The SMILES string of the molecule is C[C@H](NS(=O)(=O)N1CCCC(C(=O)O)C1)c1cccs1. The van der Waals surface area contributed by atoms with Crippen LogP contribution in [-0.2, 0) is 15.0 Å². The zero-order valence-corrected chi connectivity index (χ0v) is 12.8. The van der Waals surface area contributed by atoms with Gasteiger partial charge in [0.25, 0.3) is 10.2 Å². The molecule has 0 aliphatic carbocycles. The van der Waals surface area contributed by atoms with E-state index >= 15 is 0 Å². The maximum Gasteiger partial charge on any atom is 0.307 e. The summed E-state index contributed by atoms with van der Waals surface area (Å²) in [7, 11) is -3.65. The number of nitrogens with zero attached hydrogens (tertiary/aromatic N) is 1. The lowest BCUT2D eigenvalue weighted by atomic mass is 10.0. The van der Waals surface area contributed by atoms with Crippen molar-refractivity contribution in [2.75, 3.05) is 13.1 Å². The number of hydrogen-bond acceptors (Lipinski definition) is 4. The molecule has 1 aliphatic heterocycles. The van der Waals surface area contributed by atoms with E-state index in [9.17, 15) is 13.2 Å². The summed E-state index contributed by atoms with van der Waals surface area (Å²) in [5, 5.41) is 10.9. The van der Waals surface area contributed by atoms with Crippen molar-refractivity contribution in [3.8, 4) is 0 Å². The van der Waals surface area contributed by atoms with E-state index in [0.717, 1.165) is 4.88 Å². The Labute approximate surface area is 122 Å². The van der Waals surface area contributed by atoms with E-state index in [-0.39, 0.29) is 12.6 Å². The zero-order chi connectivity index (χ0) is 14.8. The summed E-state index contributed by atoms with van der Waals surface area (Å²) in [6, 6.07) is 3.42. The van der Waals surface area contributed by atoms with E-state index < -0.39 is 22.1 Å². The summed E-state index contributed by atoms with van der Waals surface area (Å²) in [5.74, 6) is -1.55. The lowest BCUT2D eigenvalue weighted by Crippen LogP contribution is -2.47. The average Bonchev–Trinajstić information content (AvgIpc) is 2.92. The van der Waals surface area contributed by atoms with Gasteiger partial charge >= 0.3 is 5.97 Å². The van der Waals surface area contributed by atoms with E-state index in [0.29, 0.717) is 19.4 Å². The molecule has 112 valence electrons. The number of nitrogens with one attached hydrogen (secondary N) is 1. The lowest BCUT2D eigenvalue weighted by Gasteiger charge is -2.30. The van der Waals surface area contributed by atoms with Gasteiger partial charge in [0, 0.05) is 18.0 Å². The first-order chi connectivity index (χ1) is 9.40. The summed E-state index contributed by atoms with van der Waals surface area (Å²) in [6.45, 7) is 2.19. The van der Waals surface area contributed by atoms with E-state index in [2.05, 4.69) is 4.72 Å². The van der Waals surface area contributed by atoms with E-state index in [4.69, 9.17) is 5.11 Å². The third kappa shape index (κ3) is 3.57. The number of hydrogen-bond donors (Lipinski definition) is 2. The van der Waals surface area contributed by atoms with E-state index in [1.807, 2.05) is 17.5 Å². The topological polar surface area (TPSA) is 86.7 Å². The second kappa shape index (κ2) is 6.21. The molecule has 1 fully saturated rings. The first-order valence-electron chi connectivity index (χ1n) is 6.44. The molecule has 0 aromatic carbocycles. The van der Waals surface area contributed by atoms with Gasteiger partial charge in [-0.15, -0.1) is 11.3 Å². The first-order valence-corrected chi connectivity index (χ1v) is 8.75. The Morgan fingerprint density at radius 3 is 2.95 bits per heavy atom. The van der Waals surface area contributed by atoms with Crippen LogP contribution in [0.15, 0.2) is 17.5 Å². The monoisotopic (exact) mass is 318 g/mol. The number of rotatable bonds is 5. The zero-order valence-electron chi connectivity index (χ0n) is 11.2. The smallest absolute Gasteiger partial charge is 0.307 e. The molecule has 2 heterocycles. The van der Waals surface area contributed by atoms with Crippen LogP contribution in [0, 0.1) is 5.92 Å². The van der Waals surface area contributed by atoms with Crippen molar-refractivity contribution in [2.45, 2.75) is 25.8 Å². The van der Waals surface area contributed by atoms with Crippen LogP contribution in [0.3, 0.4) is 0 Å². The minimum atomic E-state index is -3.65. The predicted octanol–water partition coefficient (Wildman–Crippen LogP) is 1.44. The largest absolute Gasteiger partial charge is 0.481 e. The van der Waals surface area contributed by atoms with Gasteiger partial charge < -0.3 is 5.11 Å². The van der Waals surface area contributed by atoms with Gasteiger partial charge in [0.2, 0.25) is 0 Å². The Balaban J connectivity index is 2.04. The fourth-order valence-electron chi connectivity index (χ4n) is 2.26. The van der Waals surface area contributed by atoms with Gasteiger partial charge in [0.05, 0.1) is 12.0 Å². The Morgan fingerprint density at radius 1 is 1.60 bits per heavy atom. The minimum absolute atomic E-state index is 0.0435. The van der Waals surface area contributed by atoms with Crippen LogP contribution in [0.4, 0.5) is 0 Å². The van der Waals surface area contributed by atoms with Gasteiger partial charge in [0.1, 0.15) is 0 Å². The van der Waals surface area contributed by atoms with Crippen LogP contribution < -0.4 is 4.72 Å². The summed E-state index contributed by atoms with van der Waals surface area (Å²) in [4.78, 5) is 11.9. The number of aliphatic carboxylic acids is 1. The van der Waals surface area contributed by atoms with Gasteiger partial charge in [0.15, 0.2) is 0 Å². The maximum atomic E-state index is 12.3. The molecule has 6 nitrogen and oxygen atoms in total. The molecule has 1 saturated heterocycles. The van der Waals surface area contributed by atoms with Crippen molar-refractivity contribution in [1.29, 1.82) is 0 Å². The molecule has 0 spiro atoms. The van der Waals surface area contributed by atoms with Gasteiger partial charge in [-0.05, 0) is 31.2 Å². The van der Waals surface area contributed by atoms with Crippen molar-refractivity contribution >= 4 is 27.5 Å². The average molecular weight is 318 g/mol. The van der Waals surface area contributed by atoms with Gasteiger partial charge in [-0.25, -0.2) is 0 Å². The third-order valence-corrected chi connectivity index (χ3v) is 6.09. The van der Waals surface area contributed by atoms with Crippen LogP contribution >= 0.6 is 11.3 Å².